The van der Waals surface area contributed by atoms with Crippen LogP contribution in [0.1, 0.15) is 11.3 Å². The summed E-state index contributed by atoms with van der Waals surface area (Å²) in [6.07, 6.45) is 1.37. The standard InChI is InChI=1S/C22H15FN2O3S/c1-13-3-2-4-16(11-13)25-21(27)18(20(26)24-22(25)29)12-17-9-10-19(28-17)14-5-7-15(23)8-6-14/h2-12H,1H3,(H,24,26,29). The average Bonchev–Trinajstić information content (AvgIpc) is 3.14. The molecule has 2 aromatic carbocycles. The van der Waals surface area contributed by atoms with Crippen LogP contribution in [0.5, 0.6) is 0 Å². The highest BCUT2D eigenvalue weighted by atomic mass is 32.1. The van der Waals surface area contributed by atoms with Gasteiger partial charge in [-0.05, 0) is 79.3 Å². The number of carbonyl (C=O) groups is 2. The zero-order chi connectivity index (χ0) is 20.5. The predicted octanol–water partition coefficient (Wildman–Crippen LogP) is 4.23. The second-order valence-electron chi connectivity index (χ2n) is 6.51. The molecule has 0 radical (unpaired) electrons. The summed E-state index contributed by atoms with van der Waals surface area (Å²) >= 11 is 5.19. The number of aryl methyl sites for hydroxylation is 1. The third-order valence-electron chi connectivity index (χ3n) is 4.40. The van der Waals surface area contributed by atoms with E-state index in [1.807, 2.05) is 19.1 Å². The Bertz CT molecular complexity index is 1160. The van der Waals surface area contributed by atoms with Gasteiger partial charge in [-0.1, -0.05) is 12.1 Å². The van der Waals surface area contributed by atoms with Crippen LogP contribution in [-0.4, -0.2) is 16.9 Å². The number of rotatable bonds is 3. The zero-order valence-corrected chi connectivity index (χ0v) is 16.1. The number of amides is 2. The third-order valence-corrected chi connectivity index (χ3v) is 4.69. The number of hydrogen-bond donors (Lipinski definition) is 1. The van der Waals surface area contributed by atoms with Gasteiger partial charge in [0, 0.05) is 5.56 Å². The maximum absolute atomic E-state index is 13.1. The molecule has 2 heterocycles. The molecule has 29 heavy (non-hydrogen) atoms. The van der Waals surface area contributed by atoms with E-state index in [4.69, 9.17) is 16.6 Å². The molecule has 1 fully saturated rings. The van der Waals surface area contributed by atoms with Crippen molar-refractivity contribution in [3.05, 3.63) is 83.4 Å². The van der Waals surface area contributed by atoms with Crippen LogP contribution in [-0.2, 0) is 9.59 Å². The molecule has 1 aromatic heterocycles. The summed E-state index contributed by atoms with van der Waals surface area (Å²) in [7, 11) is 0. The summed E-state index contributed by atoms with van der Waals surface area (Å²) in [4.78, 5) is 26.7. The van der Waals surface area contributed by atoms with Gasteiger partial charge in [-0.3, -0.25) is 19.8 Å². The van der Waals surface area contributed by atoms with Crippen LogP contribution in [0.25, 0.3) is 17.4 Å². The highest BCUT2D eigenvalue weighted by Crippen LogP contribution is 2.26. The maximum Gasteiger partial charge on any atom is 0.270 e. The molecule has 144 valence electrons. The van der Waals surface area contributed by atoms with Crippen molar-refractivity contribution in [1.29, 1.82) is 0 Å². The van der Waals surface area contributed by atoms with Gasteiger partial charge in [0.2, 0.25) is 0 Å². The first-order valence-corrected chi connectivity index (χ1v) is 9.17. The fraction of sp³-hybridized carbons (Fsp3) is 0.0455. The van der Waals surface area contributed by atoms with E-state index in [-0.39, 0.29) is 16.5 Å². The van der Waals surface area contributed by atoms with Crippen molar-refractivity contribution in [3.8, 4) is 11.3 Å². The predicted molar refractivity (Wildman–Crippen MR) is 111 cm³/mol. The molecular weight excluding hydrogens is 391 g/mol. The number of thiocarbonyl (C=S) groups is 1. The number of anilines is 1. The quantitative estimate of drug-likeness (QED) is 0.402. The Hall–Kier alpha value is -3.58. The van der Waals surface area contributed by atoms with Crippen molar-refractivity contribution in [1.82, 2.24) is 5.32 Å². The average molecular weight is 406 g/mol. The molecule has 1 aliphatic heterocycles. The first kappa shape index (κ1) is 18.8. The Kier molecular flexibility index (Phi) is 4.82. The molecule has 3 aromatic rings. The van der Waals surface area contributed by atoms with E-state index in [1.165, 1.54) is 23.1 Å². The summed E-state index contributed by atoms with van der Waals surface area (Å²) in [5, 5.41) is 2.56. The molecule has 0 saturated carbocycles. The number of nitrogens with zero attached hydrogens (tertiary/aromatic N) is 1. The fourth-order valence-electron chi connectivity index (χ4n) is 3.00. The third kappa shape index (κ3) is 3.72. The minimum absolute atomic E-state index is 0.0224. The first-order valence-electron chi connectivity index (χ1n) is 8.76. The van der Waals surface area contributed by atoms with Crippen molar-refractivity contribution < 1.29 is 18.4 Å². The van der Waals surface area contributed by atoms with Crippen molar-refractivity contribution in [2.45, 2.75) is 6.92 Å². The van der Waals surface area contributed by atoms with E-state index in [2.05, 4.69) is 5.32 Å². The molecular formula is C22H15FN2O3S. The Morgan fingerprint density at radius 2 is 1.83 bits per heavy atom. The lowest BCUT2D eigenvalue weighted by Crippen LogP contribution is -2.54. The Labute approximate surface area is 171 Å². The highest BCUT2D eigenvalue weighted by Gasteiger charge is 2.34. The van der Waals surface area contributed by atoms with Crippen molar-refractivity contribution >= 4 is 40.9 Å². The molecule has 0 unspecified atom stereocenters. The largest absolute Gasteiger partial charge is 0.457 e. The van der Waals surface area contributed by atoms with Gasteiger partial charge in [-0.15, -0.1) is 0 Å². The van der Waals surface area contributed by atoms with Crippen LogP contribution in [0.4, 0.5) is 10.1 Å². The van der Waals surface area contributed by atoms with Gasteiger partial charge in [0.25, 0.3) is 11.8 Å². The van der Waals surface area contributed by atoms with Crippen molar-refractivity contribution in [2.24, 2.45) is 0 Å². The zero-order valence-electron chi connectivity index (χ0n) is 15.3. The van der Waals surface area contributed by atoms with Crippen LogP contribution < -0.4 is 10.2 Å². The van der Waals surface area contributed by atoms with Gasteiger partial charge >= 0.3 is 0 Å². The van der Waals surface area contributed by atoms with Crippen molar-refractivity contribution in [3.63, 3.8) is 0 Å². The Balaban J connectivity index is 1.67. The summed E-state index contributed by atoms with van der Waals surface area (Å²) in [5.74, 6) is -0.668. The number of halogens is 1. The minimum atomic E-state index is -0.594. The molecule has 1 N–H and O–H groups in total. The van der Waals surface area contributed by atoms with Crippen LogP contribution in [0, 0.1) is 12.7 Å². The molecule has 0 spiro atoms. The van der Waals surface area contributed by atoms with E-state index >= 15 is 0 Å². The van der Waals surface area contributed by atoms with Gasteiger partial charge < -0.3 is 4.42 Å². The topological polar surface area (TPSA) is 62.6 Å². The molecule has 0 bridgehead atoms. The number of benzene rings is 2. The second-order valence-corrected chi connectivity index (χ2v) is 6.89. The van der Waals surface area contributed by atoms with E-state index in [0.29, 0.717) is 22.8 Å². The number of carbonyl (C=O) groups excluding carboxylic acids is 2. The number of nitrogens with one attached hydrogen (secondary N) is 1. The molecule has 0 aliphatic carbocycles. The molecule has 1 saturated heterocycles. The van der Waals surface area contributed by atoms with Crippen LogP contribution in [0.3, 0.4) is 0 Å². The highest BCUT2D eigenvalue weighted by molar-refractivity contribution is 7.80. The summed E-state index contributed by atoms with van der Waals surface area (Å²) in [6.45, 7) is 1.90. The lowest BCUT2D eigenvalue weighted by Gasteiger charge is -2.29. The first-order chi connectivity index (χ1) is 13.9. The SMILES string of the molecule is Cc1cccc(N2C(=O)C(=Cc3ccc(-c4ccc(F)cc4)o3)C(=O)NC2=S)c1. The smallest absolute Gasteiger partial charge is 0.270 e. The van der Waals surface area contributed by atoms with Crippen LogP contribution in [0.15, 0.2) is 70.7 Å². The molecule has 0 atom stereocenters. The van der Waals surface area contributed by atoms with E-state index in [1.54, 1.807) is 36.4 Å². The Morgan fingerprint density at radius 1 is 1.07 bits per heavy atom. The molecule has 5 nitrogen and oxygen atoms in total. The lowest BCUT2D eigenvalue weighted by atomic mass is 10.1. The summed E-state index contributed by atoms with van der Waals surface area (Å²) in [5.41, 5.74) is 2.10. The van der Waals surface area contributed by atoms with Gasteiger partial charge in [-0.25, -0.2) is 4.39 Å². The lowest BCUT2D eigenvalue weighted by molar-refractivity contribution is -0.122. The van der Waals surface area contributed by atoms with Gasteiger partial charge in [0.1, 0.15) is 22.9 Å². The molecule has 7 heteroatoms. The van der Waals surface area contributed by atoms with E-state index in [9.17, 15) is 14.0 Å². The number of hydrogen-bond acceptors (Lipinski definition) is 4. The van der Waals surface area contributed by atoms with Gasteiger partial charge in [0.15, 0.2) is 5.11 Å². The molecule has 4 rings (SSSR count). The number of furan rings is 1. The van der Waals surface area contributed by atoms with Crippen LogP contribution in [0.2, 0.25) is 0 Å². The minimum Gasteiger partial charge on any atom is -0.457 e. The van der Waals surface area contributed by atoms with Crippen LogP contribution >= 0.6 is 12.2 Å². The van der Waals surface area contributed by atoms with Crippen molar-refractivity contribution in [2.75, 3.05) is 4.90 Å². The normalized spacial score (nSPS) is 15.7. The van der Waals surface area contributed by atoms with Gasteiger partial charge in [-0.2, -0.15) is 0 Å². The molecule has 2 amide bonds. The Morgan fingerprint density at radius 3 is 2.55 bits per heavy atom. The van der Waals surface area contributed by atoms with E-state index in [0.717, 1.165) is 5.56 Å². The maximum atomic E-state index is 13.1. The monoisotopic (exact) mass is 406 g/mol. The van der Waals surface area contributed by atoms with E-state index < -0.39 is 11.8 Å². The fourth-order valence-corrected chi connectivity index (χ4v) is 3.28. The second kappa shape index (κ2) is 7.44. The summed E-state index contributed by atoms with van der Waals surface area (Å²) in [6, 6.07) is 16.4. The van der Waals surface area contributed by atoms with Gasteiger partial charge in [0.05, 0.1) is 5.69 Å². The summed E-state index contributed by atoms with van der Waals surface area (Å²) < 4.78 is 18.8. The molecule has 1 aliphatic rings.